The Labute approximate surface area is 149 Å². The smallest absolute Gasteiger partial charge is 0.357 e. The first-order chi connectivity index (χ1) is 11.8. The third-order valence-electron chi connectivity index (χ3n) is 3.56. The van der Waals surface area contributed by atoms with E-state index in [2.05, 4.69) is 5.32 Å². The second-order valence-corrected chi connectivity index (χ2v) is 5.99. The zero-order chi connectivity index (χ0) is 18.7. The molecule has 1 aromatic carbocycles. The number of amides is 1. The third kappa shape index (κ3) is 3.59. The topological polar surface area (TPSA) is 110 Å². The Morgan fingerprint density at radius 2 is 2.08 bits per heavy atom. The normalized spacial score (nSPS) is 10.4. The number of halogens is 1. The van der Waals surface area contributed by atoms with Crippen molar-refractivity contribution in [1.82, 2.24) is 4.57 Å². The van der Waals surface area contributed by atoms with Crippen molar-refractivity contribution in [3.05, 3.63) is 40.7 Å². The highest BCUT2D eigenvalue weighted by Gasteiger charge is 2.22. The molecule has 0 aliphatic rings. The first-order valence-electron chi connectivity index (χ1n) is 7.40. The van der Waals surface area contributed by atoms with Crippen LogP contribution >= 0.6 is 11.6 Å². The maximum absolute atomic E-state index is 12.0. The second kappa shape index (κ2) is 7.28. The number of benzene rings is 1. The van der Waals surface area contributed by atoms with E-state index in [1.807, 2.05) is 6.07 Å². The van der Waals surface area contributed by atoms with Crippen LogP contribution < -0.4 is 11.1 Å². The molecule has 2 aromatic rings. The summed E-state index contributed by atoms with van der Waals surface area (Å²) in [5, 5.41) is 12.1. The number of ether oxygens (including phenoxy) is 1. The van der Waals surface area contributed by atoms with Crippen LogP contribution in [0.4, 0.5) is 11.4 Å². The Bertz CT molecular complexity index is 881. The minimum absolute atomic E-state index is 0.0302. The summed E-state index contributed by atoms with van der Waals surface area (Å²) in [6.45, 7) is 3.54. The van der Waals surface area contributed by atoms with E-state index in [1.54, 1.807) is 32.0 Å². The molecule has 0 radical (unpaired) electrons. The molecular weight excluding hydrogens is 344 g/mol. The zero-order valence-electron chi connectivity index (χ0n) is 14.0. The fourth-order valence-corrected chi connectivity index (χ4v) is 2.37. The Balaban J connectivity index is 2.50. The number of carbonyl (C=O) groups is 2. The van der Waals surface area contributed by atoms with E-state index >= 15 is 0 Å². The minimum Gasteiger partial charge on any atom is -0.464 e. The molecule has 25 heavy (non-hydrogen) atoms. The standard InChI is InChI=1S/C17H17ClN4O3/c1-9(2)16(23)21-13-5-4-11(6-12(13)18)22-8-10(7-19)14(20)15(22)17(24)25-3/h4-6,8-9H,20H2,1-3H3,(H,21,23). The van der Waals surface area contributed by atoms with E-state index < -0.39 is 5.97 Å². The van der Waals surface area contributed by atoms with E-state index in [9.17, 15) is 9.59 Å². The van der Waals surface area contributed by atoms with Crippen molar-refractivity contribution in [1.29, 1.82) is 5.26 Å². The molecule has 2 rings (SSSR count). The summed E-state index contributed by atoms with van der Waals surface area (Å²) in [7, 11) is 1.22. The Kier molecular flexibility index (Phi) is 5.35. The predicted molar refractivity (Wildman–Crippen MR) is 94.7 cm³/mol. The molecule has 7 nitrogen and oxygen atoms in total. The lowest BCUT2D eigenvalue weighted by molar-refractivity contribution is -0.118. The van der Waals surface area contributed by atoms with Gasteiger partial charge >= 0.3 is 5.97 Å². The lowest BCUT2D eigenvalue weighted by atomic mass is 10.2. The maximum atomic E-state index is 12.0. The van der Waals surface area contributed by atoms with Crippen molar-refractivity contribution in [3.63, 3.8) is 0 Å². The number of hydrogen-bond acceptors (Lipinski definition) is 5. The fourth-order valence-electron chi connectivity index (χ4n) is 2.15. The first kappa shape index (κ1) is 18.4. The summed E-state index contributed by atoms with van der Waals surface area (Å²) in [5.74, 6) is -1.03. The van der Waals surface area contributed by atoms with E-state index in [4.69, 9.17) is 27.3 Å². The molecular formula is C17H17ClN4O3. The number of rotatable bonds is 4. The summed E-state index contributed by atoms with van der Waals surface area (Å²) in [4.78, 5) is 23.8. The number of esters is 1. The van der Waals surface area contributed by atoms with E-state index in [-0.39, 0.29) is 33.8 Å². The second-order valence-electron chi connectivity index (χ2n) is 5.59. The molecule has 0 saturated heterocycles. The molecule has 0 unspecified atom stereocenters. The molecule has 0 bridgehead atoms. The van der Waals surface area contributed by atoms with Crippen LogP contribution in [0, 0.1) is 17.2 Å². The van der Waals surface area contributed by atoms with Gasteiger partial charge in [-0.2, -0.15) is 5.26 Å². The molecule has 0 spiro atoms. The Hall–Kier alpha value is -2.98. The van der Waals surface area contributed by atoms with E-state index in [0.29, 0.717) is 11.4 Å². The van der Waals surface area contributed by atoms with Gasteiger partial charge in [-0.05, 0) is 18.2 Å². The summed E-state index contributed by atoms with van der Waals surface area (Å²) in [6, 6.07) is 6.75. The average molecular weight is 361 g/mol. The molecule has 1 amide bonds. The largest absolute Gasteiger partial charge is 0.464 e. The van der Waals surface area contributed by atoms with Crippen molar-refractivity contribution < 1.29 is 14.3 Å². The zero-order valence-corrected chi connectivity index (χ0v) is 14.7. The molecule has 1 heterocycles. The van der Waals surface area contributed by atoms with Crippen molar-refractivity contribution in [2.45, 2.75) is 13.8 Å². The van der Waals surface area contributed by atoms with Gasteiger partial charge < -0.3 is 20.4 Å². The monoisotopic (exact) mass is 360 g/mol. The van der Waals surface area contributed by atoms with Gasteiger partial charge in [-0.15, -0.1) is 0 Å². The number of nitrogens with two attached hydrogens (primary N) is 1. The van der Waals surface area contributed by atoms with Gasteiger partial charge in [-0.1, -0.05) is 25.4 Å². The number of nitrogens with one attached hydrogen (secondary N) is 1. The molecule has 0 aliphatic heterocycles. The van der Waals surface area contributed by atoms with Crippen LogP contribution in [0.5, 0.6) is 0 Å². The van der Waals surface area contributed by atoms with Crippen LogP contribution in [0.3, 0.4) is 0 Å². The number of anilines is 2. The number of nitriles is 1. The summed E-state index contributed by atoms with van der Waals surface area (Å²) in [6.07, 6.45) is 1.43. The number of hydrogen-bond donors (Lipinski definition) is 2. The molecule has 1 aromatic heterocycles. The molecule has 0 atom stereocenters. The van der Waals surface area contributed by atoms with Gasteiger partial charge in [-0.25, -0.2) is 4.79 Å². The lowest BCUT2D eigenvalue weighted by Gasteiger charge is -2.13. The van der Waals surface area contributed by atoms with Crippen LogP contribution in [0.2, 0.25) is 5.02 Å². The maximum Gasteiger partial charge on any atom is 0.357 e. The summed E-state index contributed by atoms with van der Waals surface area (Å²) >= 11 is 6.23. The number of methoxy groups -OCH3 is 1. The van der Waals surface area contributed by atoms with Crippen molar-refractivity contribution >= 4 is 34.9 Å². The highest BCUT2D eigenvalue weighted by Crippen LogP contribution is 2.29. The Morgan fingerprint density at radius 3 is 2.60 bits per heavy atom. The molecule has 130 valence electrons. The van der Waals surface area contributed by atoms with Crippen LogP contribution in [-0.4, -0.2) is 23.6 Å². The average Bonchev–Trinajstić information content (AvgIpc) is 2.92. The Morgan fingerprint density at radius 1 is 1.40 bits per heavy atom. The van der Waals surface area contributed by atoms with Crippen LogP contribution in [0.1, 0.15) is 29.9 Å². The number of nitrogens with zero attached hydrogens (tertiary/aromatic N) is 2. The predicted octanol–water partition coefficient (Wildman–Crippen LogP) is 2.97. The summed E-state index contributed by atoms with van der Waals surface area (Å²) in [5.41, 5.74) is 7.02. The quantitative estimate of drug-likeness (QED) is 0.814. The SMILES string of the molecule is COC(=O)c1c(N)c(C#N)cn1-c1ccc(NC(=O)C(C)C)c(Cl)c1. The highest BCUT2D eigenvalue weighted by molar-refractivity contribution is 6.34. The van der Waals surface area contributed by atoms with Gasteiger partial charge in [0.2, 0.25) is 5.91 Å². The van der Waals surface area contributed by atoms with Crippen LogP contribution in [0.15, 0.2) is 24.4 Å². The highest BCUT2D eigenvalue weighted by atomic mass is 35.5. The summed E-state index contributed by atoms with van der Waals surface area (Å²) < 4.78 is 6.16. The van der Waals surface area contributed by atoms with Crippen LogP contribution in [0.25, 0.3) is 5.69 Å². The van der Waals surface area contributed by atoms with Gasteiger partial charge in [0.15, 0.2) is 5.69 Å². The number of nitrogen functional groups attached to an aromatic ring is 1. The molecule has 0 saturated carbocycles. The van der Waals surface area contributed by atoms with Crippen molar-refractivity contribution in [2.24, 2.45) is 5.92 Å². The lowest BCUT2D eigenvalue weighted by Crippen LogP contribution is -2.18. The van der Waals surface area contributed by atoms with Gasteiger partial charge in [0, 0.05) is 17.8 Å². The van der Waals surface area contributed by atoms with Gasteiger partial charge in [-0.3, -0.25) is 4.79 Å². The molecule has 3 N–H and O–H groups in total. The van der Waals surface area contributed by atoms with Crippen molar-refractivity contribution in [3.8, 4) is 11.8 Å². The number of aromatic nitrogens is 1. The van der Waals surface area contributed by atoms with Gasteiger partial charge in [0.05, 0.1) is 29.1 Å². The molecule has 8 heteroatoms. The fraction of sp³-hybridized carbons (Fsp3) is 0.235. The van der Waals surface area contributed by atoms with Crippen LogP contribution in [-0.2, 0) is 9.53 Å². The van der Waals surface area contributed by atoms with E-state index in [1.165, 1.54) is 17.9 Å². The first-order valence-corrected chi connectivity index (χ1v) is 7.78. The minimum atomic E-state index is -0.674. The van der Waals surface area contributed by atoms with E-state index in [0.717, 1.165) is 0 Å². The van der Waals surface area contributed by atoms with Crippen molar-refractivity contribution in [2.75, 3.05) is 18.2 Å². The third-order valence-corrected chi connectivity index (χ3v) is 3.87. The number of carbonyl (C=O) groups excluding carboxylic acids is 2. The molecule has 0 fully saturated rings. The van der Waals surface area contributed by atoms with Gasteiger partial charge in [0.25, 0.3) is 0 Å². The van der Waals surface area contributed by atoms with Gasteiger partial charge in [0.1, 0.15) is 6.07 Å². The molecule has 0 aliphatic carbocycles.